The van der Waals surface area contributed by atoms with Gasteiger partial charge in [-0.15, -0.1) is 0 Å². The molecule has 0 fully saturated rings. The van der Waals surface area contributed by atoms with Gasteiger partial charge in [0, 0.05) is 5.92 Å². The quantitative estimate of drug-likeness (QED) is 0.399. The molecule has 0 heterocycles. The van der Waals surface area contributed by atoms with Gasteiger partial charge in [-0.2, -0.15) is 0 Å². The molecule has 0 aromatic carbocycles. The molecule has 0 radical (unpaired) electrons. The van der Waals surface area contributed by atoms with Gasteiger partial charge in [-0.1, -0.05) is 26.8 Å². The van der Waals surface area contributed by atoms with E-state index < -0.39 is 0 Å². The van der Waals surface area contributed by atoms with Gasteiger partial charge in [-0.05, 0) is 19.4 Å². The zero-order valence-corrected chi connectivity index (χ0v) is 10.1. The molecule has 2 atom stereocenters. The molecule has 0 aromatic rings. The first-order valence-electron chi connectivity index (χ1n) is 5.22. The normalized spacial score (nSPS) is 16.0. The standard InChI is InChI=1S/C12H20O3/c1-8(2)12(14)15-11(5)10(4)6-9(3)7-13/h6-8,10-11H,1-5H3/b9-6+/t10-,11+/m0/s1. The van der Waals surface area contributed by atoms with Crippen molar-refractivity contribution in [2.75, 3.05) is 0 Å². The maximum absolute atomic E-state index is 11.3. The van der Waals surface area contributed by atoms with Crippen LogP contribution >= 0.6 is 0 Å². The van der Waals surface area contributed by atoms with Crippen LogP contribution in [0.2, 0.25) is 0 Å². The van der Waals surface area contributed by atoms with E-state index in [-0.39, 0.29) is 23.9 Å². The number of carbonyl (C=O) groups is 2. The highest BCUT2D eigenvalue weighted by molar-refractivity contribution is 5.72. The monoisotopic (exact) mass is 212 g/mol. The third-order valence-electron chi connectivity index (χ3n) is 2.23. The average molecular weight is 212 g/mol. The average Bonchev–Trinajstić information content (AvgIpc) is 2.16. The van der Waals surface area contributed by atoms with Crippen LogP contribution in [0.25, 0.3) is 0 Å². The number of carbonyl (C=O) groups excluding carboxylic acids is 2. The maximum atomic E-state index is 11.3. The van der Waals surface area contributed by atoms with Gasteiger partial charge >= 0.3 is 5.97 Å². The lowest BCUT2D eigenvalue weighted by Crippen LogP contribution is -2.23. The van der Waals surface area contributed by atoms with Crippen LogP contribution in [0.1, 0.15) is 34.6 Å². The molecular formula is C12H20O3. The smallest absolute Gasteiger partial charge is 0.308 e. The molecule has 0 aliphatic carbocycles. The SMILES string of the molecule is C/C(C=O)=C\[C@H](C)[C@@H](C)OC(=O)C(C)C. The fourth-order valence-electron chi connectivity index (χ4n) is 1.02. The molecule has 15 heavy (non-hydrogen) atoms. The Hall–Kier alpha value is -1.12. The lowest BCUT2D eigenvalue weighted by atomic mass is 10.0. The van der Waals surface area contributed by atoms with Crippen LogP contribution in [0.5, 0.6) is 0 Å². The molecule has 3 heteroatoms. The molecular weight excluding hydrogens is 192 g/mol. The van der Waals surface area contributed by atoms with E-state index in [9.17, 15) is 9.59 Å². The number of ether oxygens (including phenoxy) is 1. The second kappa shape index (κ2) is 6.38. The summed E-state index contributed by atoms with van der Waals surface area (Å²) in [5, 5.41) is 0. The first-order chi connectivity index (χ1) is 6.88. The number of hydrogen-bond donors (Lipinski definition) is 0. The summed E-state index contributed by atoms with van der Waals surface area (Å²) in [6, 6.07) is 0. The van der Waals surface area contributed by atoms with Crippen LogP contribution in [0, 0.1) is 11.8 Å². The van der Waals surface area contributed by atoms with E-state index in [2.05, 4.69) is 0 Å². The molecule has 0 amide bonds. The van der Waals surface area contributed by atoms with Crippen molar-refractivity contribution in [3.05, 3.63) is 11.6 Å². The van der Waals surface area contributed by atoms with E-state index in [1.54, 1.807) is 20.8 Å². The van der Waals surface area contributed by atoms with Crippen molar-refractivity contribution in [3.8, 4) is 0 Å². The number of rotatable bonds is 5. The zero-order valence-electron chi connectivity index (χ0n) is 10.1. The summed E-state index contributed by atoms with van der Waals surface area (Å²) in [7, 11) is 0. The first-order valence-corrected chi connectivity index (χ1v) is 5.22. The molecule has 0 unspecified atom stereocenters. The van der Waals surface area contributed by atoms with Crippen molar-refractivity contribution >= 4 is 12.3 Å². The Morgan fingerprint density at radius 1 is 1.20 bits per heavy atom. The highest BCUT2D eigenvalue weighted by Crippen LogP contribution is 2.12. The molecule has 0 rings (SSSR count). The van der Waals surface area contributed by atoms with Gasteiger partial charge < -0.3 is 4.74 Å². The largest absolute Gasteiger partial charge is 0.462 e. The van der Waals surface area contributed by atoms with E-state index >= 15 is 0 Å². The molecule has 0 aliphatic heterocycles. The van der Waals surface area contributed by atoms with Gasteiger partial charge in [0.1, 0.15) is 12.4 Å². The minimum Gasteiger partial charge on any atom is -0.462 e. The highest BCUT2D eigenvalue weighted by atomic mass is 16.5. The lowest BCUT2D eigenvalue weighted by Gasteiger charge is -2.19. The predicted molar refractivity (Wildman–Crippen MR) is 59.4 cm³/mol. The van der Waals surface area contributed by atoms with Crippen molar-refractivity contribution in [2.45, 2.75) is 40.7 Å². The Balaban J connectivity index is 4.27. The second-order valence-corrected chi connectivity index (χ2v) is 4.18. The van der Waals surface area contributed by atoms with Gasteiger partial charge in [0.05, 0.1) is 5.92 Å². The van der Waals surface area contributed by atoms with Gasteiger partial charge in [0.15, 0.2) is 0 Å². The van der Waals surface area contributed by atoms with E-state index in [0.717, 1.165) is 6.29 Å². The van der Waals surface area contributed by atoms with Gasteiger partial charge in [0.2, 0.25) is 0 Å². The Kier molecular flexibility index (Phi) is 5.90. The van der Waals surface area contributed by atoms with Crippen LogP contribution in [0.4, 0.5) is 0 Å². The zero-order chi connectivity index (χ0) is 12.0. The third-order valence-corrected chi connectivity index (χ3v) is 2.23. The Bertz CT molecular complexity index is 254. The summed E-state index contributed by atoms with van der Waals surface area (Å²) in [6.07, 6.45) is 2.41. The van der Waals surface area contributed by atoms with Crippen molar-refractivity contribution in [1.29, 1.82) is 0 Å². The van der Waals surface area contributed by atoms with Crippen molar-refractivity contribution in [3.63, 3.8) is 0 Å². The Labute approximate surface area is 91.5 Å². The molecule has 86 valence electrons. The number of hydrogen-bond acceptors (Lipinski definition) is 3. The van der Waals surface area contributed by atoms with Crippen LogP contribution in [-0.4, -0.2) is 18.4 Å². The summed E-state index contributed by atoms with van der Waals surface area (Å²) in [5.41, 5.74) is 0.662. The Morgan fingerprint density at radius 3 is 2.13 bits per heavy atom. The maximum Gasteiger partial charge on any atom is 0.308 e. The molecule has 0 saturated heterocycles. The fraction of sp³-hybridized carbons (Fsp3) is 0.667. The minimum absolute atomic E-state index is 0.0536. The van der Waals surface area contributed by atoms with Gasteiger partial charge in [0.25, 0.3) is 0 Å². The Morgan fingerprint density at radius 2 is 1.73 bits per heavy atom. The third kappa shape index (κ3) is 5.35. The lowest BCUT2D eigenvalue weighted by molar-refractivity contribution is -0.153. The topological polar surface area (TPSA) is 43.4 Å². The molecule has 0 aromatic heterocycles. The molecule has 0 aliphatic rings. The number of esters is 1. The van der Waals surface area contributed by atoms with Crippen molar-refractivity contribution in [1.82, 2.24) is 0 Å². The minimum atomic E-state index is -0.202. The van der Waals surface area contributed by atoms with Gasteiger partial charge in [-0.3, -0.25) is 9.59 Å². The molecule has 0 bridgehead atoms. The number of aldehydes is 1. The first kappa shape index (κ1) is 13.9. The second-order valence-electron chi connectivity index (χ2n) is 4.18. The summed E-state index contributed by atoms with van der Waals surface area (Å²) in [5.74, 6) is -0.264. The van der Waals surface area contributed by atoms with Gasteiger partial charge in [-0.25, -0.2) is 0 Å². The molecule has 0 spiro atoms. The van der Waals surface area contributed by atoms with Crippen molar-refractivity contribution < 1.29 is 14.3 Å². The van der Waals surface area contributed by atoms with Crippen LogP contribution < -0.4 is 0 Å². The summed E-state index contributed by atoms with van der Waals surface area (Å²) >= 11 is 0. The summed E-state index contributed by atoms with van der Waals surface area (Å²) in [6.45, 7) is 9.09. The van der Waals surface area contributed by atoms with E-state index in [4.69, 9.17) is 4.74 Å². The van der Waals surface area contributed by atoms with Crippen LogP contribution in [0.3, 0.4) is 0 Å². The summed E-state index contributed by atoms with van der Waals surface area (Å²) in [4.78, 5) is 21.7. The summed E-state index contributed by atoms with van der Waals surface area (Å²) < 4.78 is 5.22. The van der Waals surface area contributed by atoms with Crippen molar-refractivity contribution in [2.24, 2.45) is 11.8 Å². The van der Waals surface area contributed by atoms with E-state index in [1.165, 1.54) is 0 Å². The van der Waals surface area contributed by atoms with Crippen LogP contribution in [0.15, 0.2) is 11.6 Å². The van der Waals surface area contributed by atoms with E-state index in [0.29, 0.717) is 5.57 Å². The highest BCUT2D eigenvalue weighted by Gasteiger charge is 2.17. The number of allylic oxidation sites excluding steroid dienone is 1. The van der Waals surface area contributed by atoms with E-state index in [1.807, 2.05) is 19.9 Å². The fourth-order valence-corrected chi connectivity index (χ4v) is 1.02. The molecule has 0 N–H and O–H groups in total. The molecule has 3 nitrogen and oxygen atoms in total. The predicted octanol–water partition coefficient (Wildman–Crippen LogP) is 2.36. The molecule has 0 saturated carbocycles. The van der Waals surface area contributed by atoms with Crippen LogP contribution in [-0.2, 0) is 14.3 Å².